The summed E-state index contributed by atoms with van der Waals surface area (Å²) >= 11 is 0. The molecule has 0 unspecified atom stereocenters. The second kappa shape index (κ2) is 9.22. The fraction of sp³-hybridized carbons (Fsp3) is 0. The Morgan fingerprint density at radius 2 is 0.650 bits per heavy atom. The number of benzene rings is 8. The van der Waals surface area contributed by atoms with E-state index < -0.39 is 176 Å². The van der Waals surface area contributed by atoms with Crippen molar-refractivity contribution in [2.75, 3.05) is 0 Å². The number of rotatable bonds is 3. The molecular weight excluding hydrogens is 480 g/mol. The third-order valence-corrected chi connectivity index (χ3v) is 6.81. The van der Waals surface area contributed by atoms with E-state index in [0.29, 0.717) is 0 Å². The van der Waals surface area contributed by atoms with Crippen LogP contribution >= 0.6 is 0 Å². The average Bonchev–Trinajstić information content (AvgIpc) is 3.25. The molecule has 8 rings (SSSR count). The van der Waals surface area contributed by atoms with E-state index in [1.54, 1.807) is 18.2 Å². The zero-order chi connectivity index (χ0) is 44.7. The highest BCUT2D eigenvalue weighted by molar-refractivity contribution is 6.29. The second-order valence-electron chi connectivity index (χ2n) is 8.87. The summed E-state index contributed by atoms with van der Waals surface area (Å²) in [5.41, 5.74) is -2.05. The van der Waals surface area contributed by atoms with Crippen molar-refractivity contribution < 1.29 is 28.8 Å². The van der Waals surface area contributed by atoms with Crippen molar-refractivity contribution in [3.63, 3.8) is 0 Å². The Labute approximate surface area is 263 Å². The molecule has 0 saturated carbocycles. The first-order chi connectivity index (χ1) is 28.6. The Morgan fingerprint density at radius 1 is 0.275 bits per heavy atom. The van der Waals surface area contributed by atoms with E-state index in [-0.39, 0.29) is 27.5 Å². The molecule has 0 bridgehead atoms. The molecule has 0 radical (unpaired) electrons. The third kappa shape index (κ3) is 3.40. The smallest absolute Gasteiger partial charge is 0.0622 e. The molecular formula is C40H26. The van der Waals surface area contributed by atoms with Crippen LogP contribution in [0, 0.1) is 0 Å². The van der Waals surface area contributed by atoms with Gasteiger partial charge in [-0.25, -0.2) is 0 Å². The van der Waals surface area contributed by atoms with Crippen molar-refractivity contribution in [2.45, 2.75) is 0 Å². The standard InChI is InChI=1S/C40H26/c1-3-15-27(16-4-1)37-33-23-11-13-25-35(33)39(36-26-14-12-24-34(36)37)40-32-22-10-8-20-30(32)29-19-7-9-21-31(29)38(40)28-17-5-2-6-18-28/h1-26H/i1D,3D,4D,7D,8D,9D,10D,11D,12D,13D,14D,15D,16D,19D,20D,21D,22D,23D,24D,25D,26D. The lowest BCUT2D eigenvalue weighted by atomic mass is 9.80. The summed E-state index contributed by atoms with van der Waals surface area (Å²) in [5.74, 6) is 0. The molecule has 0 N–H and O–H groups in total. The Balaban J connectivity index is 1.91. The number of hydrogen-bond donors (Lipinski definition) is 0. The first-order valence-corrected chi connectivity index (χ1v) is 12.2. The van der Waals surface area contributed by atoms with E-state index in [4.69, 9.17) is 19.2 Å². The van der Waals surface area contributed by atoms with Gasteiger partial charge in [-0.2, -0.15) is 0 Å². The van der Waals surface area contributed by atoms with E-state index in [0.717, 1.165) is 0 Å². The van der Waals surface area contributed by atoms with Gasteiger partial charge in [0.1, 0.15) is 0 Å². The monoisotopic (exact) mass is 527 g/mol. The molecule has 0 spiro atoms. The van der Waals surface area contributed by atoms with E-state index in [2.05, 4.69) is 0 Å². The summed E-state index contributed by atoms with van der Waals surface area (Å²) in [4.78, 5) is 0. The molecule has 0 aliphatic heterocycles. The van der Waals surface area contributed by atoms with Crippen molar-refractivity contribution in [1.82, 2.24) is 0 Å². The van der Waals surface area contributed by atoms with Gasteiger partial charge >= 0.3 is 0 Å². The van der Waals surface area contributed by atoms with Gasteiger partial charge in [0, 0.05) is 0 Å². The van der Waals surface area contributed by atoms with Crippen molar-refractivity contribution >= 4 is 43.1 Å². The Morgan fingerprint density at radius 3 is 1.15 bits per heavy atom. The molecule has 0 heterocycles. The lowest BCUT2D eigenvalue weighted by molar-refractivity contribution is 1.65. The minimum Gasteiger partial charge on any atom is -0.0622 e. The third-order valence-electron chi connectivity index (χ3n) is 6.81. The maximum Gasteiger partial charge on any atom is 0.0629 e. The molecule has 40 heavy (non-hydrogen) atoms. The highest BCUT2D eigenvalue weighted by Crippen LogP contribution is 2.50. The minimum atomic E-state index is -0.875. The first kappa shape index (κ1) is 10.1. The number of fused-ring (bicyclic) bond motifs is 5. The minimum absolute atomic E-state index is 0.155. The number of hydrogen-bond acceptors (Lipinski definition) is 0. The first-order valence-electron chi connectivity index (χ1n) is 22.7. The molecule has 0 aliphatic carbocycles. The van der Waals surface area contributed by atoms with Crippen LogP contribution in [0.2, 0.25) is 0 Å². The normalized spacial score (nSPS) is 18.9. The molecule has 0 amide bonds. The lowest BCUT2D eigenvalue weighted by Crippen LogP contribution is -1.95. The van der Waals surface area contributed by atoms with Crippen LogP contribution in [-0.4, -0.2) is 0 Å². The second-order valence-corrected chi connectivity index (χ2v) is 8.87. The van der Waals surface area contributed by atoms with Crippen molar-refractivity contribution in [3.05, 3.63) is 157 Å². The van der Waals surface area contributed by atoms with E-state index >= 15 is 0 Å². The molecule has 0 fully saturated rings. The zero-order valence-electron chi connectivity index (χ0n) is 41.4. The van der Waals surface area contributed by atoms with Crippen LogP contribution in [0.5, 0.6) is 0 Å². The van der Waals surface area contributed by atoms with Crippen LogP contribution in [0.1, 0.15) is 28.8 Å². The van der Waals surface area contributed by atoms with Gasteiger partial charge in [0.15, 0.2) is 0 Å². The Kier molecular flexibility index (Phi) is 2.32. The van der Waals surface area contributed by atoms with Gasteiger partial charge in [0.05, 0.1) is 28.8 Å². The van der Waals surface area contributed by atoms with E-state index in [1.165, 1.54) is 12.1 Å². The fourth-order valence-corrected chi connectivity index (χ4v) is 5.27. The maximum absolute atomic E-state index is 9.50. The molecule has 8 aromatic carbocycles. The van der Waals surface area contributed by atoms with Crippen LogP contribution < -0.4 is 0 Å². The van der Waals surface area contributed by atoms with Crippen LogP contribution in [0.25, 0.3) is 76.5 Å². The average molecular weight is 528 g/mol. The lowest BCUT2D eigenvalue weighted by Gasteiger charge is -2.23. The highest BCUT2D eigenvalue weighted by atomic mass is 14.2. The molecule has 0 heteroatoms. The molecule has 186 valence electrons. The summed E-state index contributed by atoms with van der Waals surface area (Å²) in [6.45, 7) is 0. The summed E-state index contributed by atoms with van der Waals surface area (Å²) in [7, 11) is 0. The Hall–Kier alpha value is -5.20. The summed E-state index contributed by atoms with van der Waals surface area (Å²) < 4.78 is 188. The molecule has 0 saturated heterocycles. The van der Waals surface area contributed by atoms with Crippen molar-refractivity contribution in [2.24, 2.45) is 0 Å². The predicted molar refractivity (Wildman–Crippen MR) is 173 cm³/mol. The molecule has 0 atom stereocenters. The topological polar surface area (TPSA) is 0 Å². The quantitative estimate of drug-likeness (QED) is 0.158. The largest absolute Gasteiger partial charge is 0.0629 e. The highest BCUT2D eigenvalue weighted by Gasteiger charge is 2.22. The van der Waals surface area contributed by atoms with Gasteiger partial charge in [0.2, 0.25) is 0 Å². The fourth-order valence-electron chi connectivity index (χ4n) is 5.27. The van der Waals surface area contributed by atoms with Gasteiger partial charge in [-0.1, -0.05) is 157 Å². The van der Waals surface area contributed by atoms with E-state index in [1.807, 2.05) is 0 Å². The summed E-state index contributed by atoms with van der Waals surface area (Å²) in [5, 5.41) is -3.71. The van der Waals surface area contributed by atoms with Crippen LogP contribution in [-0.2, 0) is 0 Å². The van der Waals surface area contributed by atoms with Crippen molar-refractivity contribution in [1.29, 1.82) is 0 Å². The van der Waals surface area contributed by atoms with Gasteiger partial charge in [0.25, 0.3) is 0 Å². The van der Waals surface area contributed by atoms with Gasteiger partial charge < -0.3 is 0 Å². The molecule has 8 aromatic rings. The molecule has 0 nitrogen and oxygen atoms in total. The van der Waals surface area contributed by atoms with Gasteiger partial charge in [-0.15, -0.1) is 0 Å². The summed E-state index contributed by atoms with van der Waals surface area (Å²) in [6, 6.07) is -9.33. The van der Waals surface area contributed by atoms with Crippen LogP contribution in [0.4, 0.5) is 0 Å². The Bertz CT molecular complexity index is 3250. The predicted octanol–water partition coefficient (Wildman–Crippen LogP) is 11.3. The van der Waals surface area contributed by atoms with Crippen molar-refractivity contribution in [3.8, 4) is 33.4 Å². The maximum atomic E-state index is 9.50. The summed E-state index contributed by atoms with van der Waals surface area (Å²) in [6.07, 6.45) is 0. The molecule has 0 aromatic heterocycles. The van der Waals surface area contributed by atoms with Gasteiger partial charge in [-0.3, -0.25) is 0 Å². The van der Waals surface area contributed by atoms with E-state index in [9.17, 15) is 9.60 Å². The zero-order valence-corrected chi connectivity index (χ0v) is 20.4. The SMILES string of the molecule is [2H]c1c([2H])c([2H])c(-c2c3c([2H])c([2H])c([2H])c([2H])c3c(-c3c(-c4ccccc4)c4c([2H])c([2H])c([2H])c([2H])c4c4c([2H])c([2H])c([2H])c([2H])c34)c3c([2H])c([2H])c([2H])c([2H])c23)c([2H])c1[2H]. The van der Waals surface area contributed by atoms with Gasteiger partial charge in [-0.05, 0) is 76.5 Å². The van der Waals surface area contributed by atoms with Crippen LogP contribution in [0.15, 0.2) is 157 Å². The molecule has 0 aliphatic rings. The van der Waals surface area contributed by atoms with Crippen LogP contribution in [0.3, 0.4) is 0 Å².